The van der Waals surface area contributed by atoms with E-state index >= 15 is 0 Å². The van der Waals surface area contributed by atoms with E-state index in [2.05, 4.69) is 6.92 Å². The molecule has 0 saturated heterocycles. The Bertz CT molecular complexity index is 546. The van der Waals surface area contributed by atoms with Crippen molar-refractivity contribution in [3.63, 3.8) is 0 Å². The summed E-state index contributed by atoms with van der Waals surface area (Å²) in [5.41, 5.74) is 0. The number of unbranched alkanes of at least 4 members (excludes halogenated alkanes) is 14. The molecule has 0 aliphatic carbocycles. The Hall–Kier alpha value is -0.0300. The van der Waals surface area contributed by atoms with Crippen molar-refractivity contribution in [2.24, 2.45) is 0 Å². The van der Waals surface area contributed by atoms with Crippen LogP contribution in [0.4, 0.5) is 0 Å². The van der Waals surface area contributed by atoms with Gasteiger partial charge in [-0.3, -0.25) is 0 Å². The first kappa shape index (κ1) is 28.0. The molecule has 28 heavy (non-hydrogen) atoms. The molecule has 0 saturated carbocycles. The van der Waals surface area contributed by atoms with Gasteiger partial charge in [-0.2, -0.15) is 8.42 Å². The van der Waals surface area contributed by atoms with Crippen LogP contribution in [0.2, 0.25) is 0 Å². The molecule has 0 atom stereocenters. The molecule has 1 aromatic carbocycles. The second kappa shape index (κ2) is 19.0. The Morgan fingerprint density at radius 2 is 1.04 bits per heavy atom. The third kappa shape index (κ3) is 16.9. The maximum atomic E-state index is 11.9. The molecule has 0 aromatic heterocycles. The Morgan fingerprint density at radius 1 is 0.643 bits per heavy atom. The molecule has 3 nitrogen and oxygen atoms in total. The average Bonchev–Trinajstić information content (AvgIpc) is 2.65. The Kier molecular flexibility index (Phi) is 18.9. The number of hydrogen-bond donors (Lipinski definition) is 0. The number of hydrogen-bond acceptors (Lipinski definition) is 3. The van der Waals surface area contributed by atoms with Gasteiger partial charge in [-0.15, -0.1) is 0 Å². The fraction of sp³-hybridized carbons (Fsp3) is 0.739. The summed E-state index contributed by atoms with van der Waals surface area (Å²) in [7, 11) is -3.45. The molecule has 158 valence electrons. The SMILES string of the molecule is CCCCCCCCCCCCCCCCCS(=O)(=O)Oc1ccccc1.[NaH]. The van der Waals surface area contributed by atoms with Crippen molar-refractivity contribution < 1.29 is 12.6 Å². The van der Waals surface area contributed by atoms with Crippen LogP contribution < -0.4 is 4.18 Å². The van der Waals surface area contributed by atoms with Gasteiger partial charge in [-0.25, -0.2) is 0 Å². The van der Waals surface area contributed by atoms with Gasteiger partial charge in [0.2, 0.25) is 0 Å². The van der Waals surface area contributed by atoms with Gasteiger partial charge in [0.25, 0.3) is 0 Å². The van der Waals surface area contributed by atoms with E-state index in [1.165, 1.54) is 77.0 Å². The summed E-state index contributed by atoms with van der Waals surface area (Å²) in [5.74, 6) is 0.513. The van der Waals surface area contributed by atoms with Crippen LogP contribution >= 0.6 is 0 Å². The van der Waals surface area contributed by atoms with E-state index in [1.807, 2.05) is 6.07 Å². The zero-order valence-corrected chi connectivity index (χ0v) is 18.1. The Labute approximate surface area is 196 Å². The van der Waals surface area contributed by atoms with E-state index in [-0.39, 0.29) is 35.3 Å². The van der Waals surface area contributed by atoms with E-state index < -0.39 is 10.1 Å². The zero-order valence-electron chi connectivity index (χ0n) is 17.3. The van der Waals surface area contributed by atoms with Crippen molar-refractivity contribution in [1.29, 1.82) is 0 Å². The fourth-order valence-corrected chi connectivity index (χ4v) is 4.36. The molecule has 0 radical (unpaired) electrons. The first-order valence-corrected chi connectivity index (χ1v) is 12.7. The summed E-state index contributed by atoms with van der Waals surface area (Å²) in [6.07, 6.45) is 19.1. The van der Waals surface area contributed by atoms with Gasteiger partial charge in [0.05, 0.1) is 5.75 Å². The minimum atomic E-state index is -3.45. The van der Waals surface area contributed by atoms with Crippen LogP contribution in [0.5, 0.6) is 5.75 Å². The Morgan fingerprint density at radius 3 is 1.46 bits per heavy atom. The zero-order chi connectivity index (χ0) is 19.6. The topological polar surface area (TPSA) is 43.4 Å². The third-order valence-corrected chi connectivity index (χ3v) is 6.20. The number of para-hydroxylation sites is 1. The second-order valence-electron chi connectivity index (χ2n) is 7.61. The van der Waals surface area contributed by atoms with E-state index in [0.29, 0.717) is 12.2 Å². The van der Waals surface area contributed by atoms with Crippen LogP contribution in [-0.4, -0.2) is 43.7 Å². The van der Waals surface area contributed by atoms with Gasteiger partial charge in [0, 0.05) is 0 Å². The van der Waals surface area contributed by atoms with E-state index in [0.717, 1.165) is 12.8 Å². The molecule has 0 aliphatic rings. The van der Waals surface area contributed by atoms with Gasteiger partial charge < -0.3 is 4.18 Å². The molecule has 0 N–H and O–H groups in total. The van der Waals surface area contributed by atoms with E-state index in [4.69, 9.17) is 4.18 Å². The van der Waals surface area contributed by atoms with Gasteiger partial charge in [0.15, 0.2) is 0 Å². The summed E-state index contributed by atoms with van der Waals surface area (Å²) in [6, 6.07) is 8.74. The molecule has 5 heteroatoms. The monoisotopic (exact) mass is 420 g/mol. The Balaban J connectivity index is 0.00000729. The van der Waals surface area contributed by atoms with Crippen molar-refractivity contribution in [2.45, 2.75) is 103 Å². The molecule has 0 unspecified atom stereocenters. The summed E-state index contributed by atoms with van der Waals surface area (Å²) in [5, 5.41) is 0. The predicted octanol–water partition coefficient (Wildman–Crippen LogP) is 6.62. The minimum absolute atomic E-state index is 0. The molecule has 0 bridgehead atoms. The second-order valence-corrected chi connectivity index (χ2v) is 9.30. The van der Waals surface area contributed by atoms with Crippen molar-refractivity contribution in [2.75, 3.05) is 5.75 Å². The summed E-state index contributed by atoms with van der Waals surface area (Å²) in [6.45, 7) is 2.27. The molecule has 0 aliphatic heterocycles. The molecule has 0 heterocycles. The van der Waals surface area contributed by atoms with E-state index in [1.54, 1.807) is 24.3 Å². The third-order valence-electron chi connectivity index (χ3n) is 4.96. The van der Waals surface area contributed by atoms with Crippen molar-refractivity contribution in [1.82, 2.24) is 0 Å². The molecule has 1 rings (SSSR count). The quantitative estimate of drug-likeness (QED) is 0.152. The summed E-state index contributed by atoms with van der Waals surface area (Å²) >= 11 is 0. The average molecular weight is 421 g/mol. The van der Waals surface area contributed by atoms with Crippen molar-refractivity contribution in [3.8, 4) is 5.75 Å². The maximum absolute atomic E-state index is 11.9. The standard InChI is InChI=1S/C23H40O3S.Na.H/c1-2-3-4-5-6-7-8-9-10-11-12-13-14-15-19-22-27(24,25)26-23-20-17-16-18-21-23;;/h16-18,20-21H,2-15,19,22H2,1H3;;. The van der Waals surface area contributed by atoms with Crippen LogP contribution in [0.3, 0.4) is 0 Å². The van der Waals surface area contributed by atoms with Gasteiger partial charge in [-0.1, -0.05) is 115 Å². The molecule has 0 amide bonds. The summed E-state index contributed by atoms with van der Waals surface area (Å²) in [4.78, 5) is 0. The molecular formula is C23H41NaO3S. The van der Waals surface area contributed by atoms with Crippen molar-refractivity contribution >= 4 is 39.7 Å². The molecule has 0 fully saturated rings. The number of rotatable bonds is 18. The van der Waals surface area contributed by atoms with Crippen LogP contribution in [0, 0.1) is 0 Å². The molecule has 1 aromatic rings. The fourth-order valence-electron chi connectivity index (χ4n) is 3.31. The first-order chi connectivity index (χ1) is 13.1. The number of benzene rings is 1. The van der Waals surface area contributed by atoms with Crippen LogP contribution in [0.25, 0.3) is 0 Å². The van der Waals surface area contributed by atoms with E-state index in [9.17, 15) is 8.42 Å². The van der Waals surface area contributed by atoms with Crippen LogP contribution in [0.1, 0.15) is 103 Å². The first-order valence-electron chi connectivity index (χ1n) is 11.1. The molecular weight excluding hydrogens is 379 g/mol. The van der Waals surface area contributed by atoms with Crippen LogP contribution in [0.15, 0.2) is 30.3 Å². The normalized spacial score (nSPS) is 11.2. The van der Waals surface area contributed by atoms with Gasteiger partial charge in [0.1, 0.15) is 5.75 Å². The summed E-state index contributed by atoms with van der Waals surface area (Å²) < 4.78 is 28.9. The van der Waals surface area contributed by atoms with Crippen molar-refractivity contribution in [3.05, 3.63) is 30.3 Å². The van der Waals surface area contributed by atoms with Crippen LogP contribution in [-0.2, 0) is 10.1 Å². The van der Waals surface area contributed by atoms with Gasteiger partial charge in [-0.05, 0) is 18.6 Å². The predicted molar refractivity (Wildman–Crippen MR) is 123 cm³/mol. The van der Waals surface area contributed by atoms with Gasteiger partial charge >= 0.3 is 39.7 Å². The molecule has 0 spiro atoms.